The van der Waals surface area contributed by atoms with Gasteiger partial charge in [0, 0.05) is 6.04 Å². The van der Waals surface area contributed by atoms with E-state index in [9.17, 15) is 8.42 Å². The van der Waals surface area contributed by atoms with Gasteiger partial charge in [-0.05, 0) is 30.7 Å². The fourth-order valence-electron chi connectivity index (χ4n) is 2.99. The SMILES string of the molecule is CCNC1C(S(=O)(=O)CC(C)CC)CCC1(C)C. The molecule has 3 nitrogen and oxygen atoms in total. The molecule has 0 radical (unpaired) electrons. The van der Waals surface area contributed by atoms with Crippen molar-refractivity contribution in [3.63, 3.8) is 0 Å². The van der Waals surface area contributed by atoms with Gasteiger partial charge in [0.25, 0.3) is 0 Å². The maximum atomic E-state index is 12.5. The van der Waals surface area contributed by atoms with Crippen LogP contribution < -0.4 is 5.32 Å². The highest BCUT2D eigenvalue weighted by Crippen LogP contribution is 2.41. The monoisotopic (exact) mass is 275 g/mol. The Bertz CT molecular complexity index is 362. The van der Waals surface area contributed by atoms with E-state index >= 15 is 0 Å². The third kappa shape index (κ3) is 3.47. The Kier molecular flexibility index (Phi) is 5.24. The number of sulfone groups is 1. The van der Waals surface area contributed by atoms with Crippen molar-refractivity contribution in [3.8, 4) is 0 Å². The summed E-state index contributed by atoms with van der Waals surface area (Å²) in [6.07, 6.45) is 2.74. The second-order valence-corrected chi connectivity index (χ2v) is 8.71. The second-order valence-electron chi connectivity index (χ2n) is 6.44. The van der Waals surface area contributed by atoms with Gasteiger partial charge in [-0.1, -0.05) is 41.0 Å². The van der Waals surface area contributed by atoms with E-state index in [1.54, 1.807) is 0 Å². The molecule has 0 aromatic rings. The molecule has 108 valence electrons. The zero-order valence-electron chi connectivity index (χ0n) is 12.5. The van der Waals surface area contributed by atoms with Gasteiger partial charge in [0.1, 0.15) is 0 Å². The van der Waals surface area contributed by atoms with Gasteiger partial charge in [0.2, 0.25) is 0 Å². The largest absolute Gasteiger partial charge is 0.312 e. The van der Waals surface area contributed by atoms with E-state index in [0.717, 1.165) is 25.8 Å². The minimum atomic E-state index is -2.98. The Morgan fingerprint density at radius 2 is 1.94 bits per heavy atom. The highest BCUT2D eigenvalue weighted by Gasteiger charge is 2.47. The molecule has 18 heavy (non-hydrogen) atoms. The molecule has 1 aliphatic carbocycles. The Labute approximate surface area is 113 Å². The molecule has 0 aromatic heterocycles. The first-order chi connectivity index (χ1) is 8.24. The predicted molar refractivity (Wildman–Crippen MR) is 77.5 cm³/mol. The number of hydrogen-bond acceptors (Lipinski definition) is 3. The van der Waals surface area contributed by atoms with Gasteiger partial charge in [-0.3, -0.25) is 0 Å². The molecule has 0 aromatic carbocycles. The molecule has 1 N–H and O–H groups in total. The number of nitrogens with one attached hydrogen (secondary N) is 1. The highest BCUT2D eigenvalue weighted by atomic mass is 32.2. The summed E-state index contributed by atoms with van der Waals surface area (Å²) in [7, 11) is -2.98. The average Bonchev–Trinajstić information content (AvgIpc) is 2.55. The summed E-state index contributed by atoms with van der Waals surface area (Å²) in [6, 6.07) is 0.108. The molecule has 0 spiro atoms. The molecule has 0 saturated heterocycles. The molecule has 4 heteroatoms. The molecule has 1 aliphatic rings. The first-order valence-corrected chi connectivity index (χ1v) is 8.91. The molecular weight excluding hydrogens is 246 g/mol. The Morgan fingerprint density at radius 3 is 2.44 bits per heavy atom. The predicted octanol–water partition coefficient (Wildman–Crippen LogP) is 2.61. The zero-order chi connectivity index (χ0) is 14.0. The summed E-state index contributed by atoms with van der Waals surface area (Å²) in [6.45, 7) is 11.3. The molecular formula is C14H29NO2S. The lowest BCUT2D eigenvalue weighted by Crippen LogP contribution is -2.48. The number of rotatable bonds is 6. The average molecular weight is 275 g/mol. The molecule has 1 rings (SSSR count). The minimum Gasteiger partial charge on any atom is -0.312 e. The topological polar surface area (TPSA) is 46.2 Å². The summed E-state index contributed by atoms with van der Waals surface area (Å²) in [5.74, 6) is 0.604. The van der Waals surface area contributed by atoms with Gasteiger partial charge in [-0.2, -0.15) is 0 Å². The van der Waals surface area contributed by atoms with E-state index < -0.39 is 9.84 Å². The summed E-state index contributed by atoms with van der Waals surface area (Å²) in [4.78, 5) is 0. The van der Waals surface area contributed by atoms with E-state index in [0.29, 0.717) is 5.75 Å². The summed E-state index contributed by atoms with van der Waals surface area (Å²) >= 11 is 0. The van der Waals surface area contributed by atoms with Gasteiger partial charge >= 0.3 is 0 Å². The van der Waals surface area contributed by atoms with Crippen molar-refractivity contribution in [2.45, 2.75) is 65.2 Å². The molecule has 0 bridgehead atoms. The Balaban J connectivity index is 2.87. The van der Waals surface area contributed by atoms with Crippen LogP contribution in [0, 0.1) is 11.3 Å². The summed E-state index contributed by atoms with van der Waals surface area (Å²) in [5.41, 5.74) is 0.0865. The van der Waals surface area contributed by atoms with Crippen molar-refractivity contribution >= 4 is 9.84 Å². The number of hydrogen-bond donors (Lipinski definition) is 1. The van der Waals surface area contributed by atoms with Gasteiger partial charge < -0.3 is 5.32 Å². The maximum absolute atomic E-state index is 12.5. The van der Waals surface area contributed by atoms with Crippen LogP contribution in [0.15, 0.2) is 0 Å². The summed E-state index contributed by atoms with van der Waals surface area (Å²) < 4.78 is 25.1. The highest BCUT2D eigenvalue weighted by molar-refractivity contribution is 7.92. The van der Waals surface area contributed by atoms with Crippen LogP contribution in [-0.2, 0) is 9.84 Å². The van der Waals surface area contributed by atoms with Crippen LogP contribution in [0.1, 0.15) is 53.9 Å². The lowest BCUT2D eigenvalue weighted by atomic mass is 9.87. The van der Waals surface area contributed by atoms with Crippen LogP contribution in [0.4, 0.5) is 0 Å². The van der Waals surface area contributed by atoms with E-state index in [-0.39, 0.29) is 22.6 Å². The van der Waals surface area contributed by atoms with E-state index in [4.69, 9.17) is 0 Å². The van der Waals surface area contributed by atoms with Crippen LogP contribution in [0.5, 0.6) is 0 Å². The van der Waals surface area contributed by atoms with Crippen molar-refractivity contribution in [1.29, 1.82) is 0 Å². The van der Waals surface area contributed by atoms with Gasteiger partial charge in [-0.25, -0.2) is 8.42 Å². The first-order valence-electron chi connectivity index (χ1n) is 7.19. The van der Waals surface area contributed by atoms with Crippen LogP contribution in [0.25, 0.3) is 0 Å². The smallest absolute Gasteiger partial charge is 0.154 e. The lowest BCUT2D eigenvalue weighted by molar-refractivity contribution is 0.288. The van der Waals surface area contributed by atoms with E-state index in [1.807, 2.05) is 13.8 Å². The van der Waals surface area contributed by atoms with Crippen LogP contribution >= 0.6 is 0 Å². The molecule has 1 fully saturated rings. The van der Waals surface area contributed by atoms with Crippen molar-refractivity contribution in [3.05, 3.63) is 0 Å². The van der Waals surface area contributed by atoms with Crippen LogP contribution in [-0.4, -0.2) is 32.0 Å². The van der Waals surface area contributed by atoms with Gasteiger partial charge in [-0.15, -0.1) is 0 Å². The lowest BCUT2D eigenvalue weighted by Gasteiger charge is -2.31. The quantitative estimate of drug-likeness (QED) is 0.810. The molecule has 0 aliphatic heterocycles. The van der Waals surface area contributed by atoms with E-state index in [1.165, 1.54) is 0 Å². The van der Waals surface area contributed by atoms with Crippen LogP contribution in [0.2, 0.25) is 0 Å². The first kappa shape index (κ1) is 16.0. The van der Waals surface area contributed by atoms with Crippen molar-refractivity contribution in [2.24, 2.45) is 11.3 Å². The Hall–Kier alpha value is -0.0900. The molecule has 0 heterocycles. The third-order valence-corrected chi connectivity index (χ3v) is 6.85. The normalized spacial score (nSPS) is 29.4. The zero-order valence-corrected chi connectivity index (χ0v) is 13.3. The second kappa shape index (κ2) is 5.91. The Morgan fingerprint density at radius 1 is 1.33 bits per heavy atom. The van der Waals surface area contributed by atoms with Gasteiger partial charge in [0.15, 0.2) is 9.84 Å². The van der Waals surface area contributed by atoms with Gasteiger partial charge in [0.05, 0.1) is 11.0 Å². The van der Waals surface area contributed by atoms with Crippen molar-refractivity contribution in [2.75, 3.05) is 12.3 Å². The van der Waals surface area contributed by atoms with E-state index in [2.05, 4.69) is 26.1 Å². The fraction of sp³-hybridized carbons (Fsp3) is 1.00. The molecule has 3 unspecified atom stereocenters. The minimum absolute atomic E-state index is 0.0865. The van der Waals surface area contributed by atoms with Crippen molar-refractivity contribution < 1.29 is 8.42 Å². The molecule has 0 amide bonds. The molecule has 1 saturated carbocycles. The molecule has 3 atom stereocenters. The van der Waals surface area contributed by atoms with Crippen LogP contribution in [0.3, 0.4) is 0 Å². The third-order valence-electron chi connectivity index (χ3n) is 4.39. The van der Waals surface area contributed by atoms with Crippen molar-refractivity contribution in [1.82, 2.24) is 5.32 Å². The standard InChI is InChI=1S/C14H29NO2S/c1-6-11(3)10-18(16,17)12-8-9-14(4,5)13(12)15-7-2/h11-13,15H,6-10H2,1-5H3. The maximum Gasteiger partial charge on any atom is 0.154 e. The fourth-order valence-corrected chi connectivity index (χ4v) is 5.62. The summed E-state index contributed by atoms with van der Waals surface area (Å²) in [5, 5.41) is 3.21.